The van der Waals surface area contributed by atoms with Gasteiger partial charge in [-0.25, -0.2) is 0 Å². The highest BCUT2D eigenvalue weighted by molar-refractivity contribution is 5.98. The average Bonchev–Trinajstić information content (AvgIpc) is 2.94. The Morgan fingerprint density at radius 2 is 1.56 bits per heavy atom. The molecule has 1 aliphatic heterocycles. The standard InChI is InChI=1S/C34H34N2O3/c1-34(2,3)28-17-18-31-30(21-28)36(32(37)23-39-31)22-25-13-10-16-27(19-25)33(38)35-29(26-14-8-5-9-15-26)20-24-11-6-4-7-12-24/h4-19,21,29H,20,22-23H2,1-3H3,(H,35,38)/t29-/m0/s1. The number of fused-ring (bicyclic) bond motifs is 1. The lowest BCUT2D eigenvalue weighted by molar-refractivity contribution is -0.121. The normalized spacial score (nSPS) is 13.8. The molecule has 0 aliphatic carbocycles. The van der Waals surface area contributed by atoms with Crippen LogP contribution in [-0.2, 0) is 23.2 Å². The van der Waals surface area contributed by atoms with E-state index in [9.17, 15) is 9.59 Å². The largest absolute Gasteiger partial charge is 0.482 e. The fourth-order valence-corrected chi connectivity index (χ4v) is 4.86. The number of ether oxygens (including phenoxy) is 1. The minimum Gasteiger partial charge on any atom is -0.482 e. The van der Waals surface area contributed by atoms with E-state index in [-0.39, 0.29) is 29.9 Å². The van der Waals surface area contributed by atoms with E-state index in [1.165, 1.54) is 0 Å². The van der Waals surface area contributed by atoms with Gasteiger partial charge in [-0.1, -0.05) is 99.6 Å². The SMILES string of the molecule is CC(C)(C)c1ccc2c(c1)N(Cc1cccc(C(=O)N[C@@H](Cc3ccccc3)c3ccccc3)c1)C(=O)CO2. The zero-order chi connectivity index (χ0) is 27.4. The summed E-state index contributed by atoms with van der Waals surface area (Å²) in [6.07, 6.45) is 0.686. The third-order valence-corrected chi connectivity index (χ3v) is 7.09. The lowest BCUT2D eigenvalue weighted by Crippen LogP contribution is -2.38. The Morgan fingerprint density at radius 3 is 2.28 bits per heavy atom. The molecule has 4 aromatic rings. The zero-order valence-corrected chi connectivity index (χ0v) is 22.7. The van der Waals surface area contributed by atoms with Crippen molar-refractivity contribution in [2.75, 3.05) is 11.5 Å². The Labute approximate surface area is 230 Å². The van der Waals surface area contributed by atoms with Gasteiger partial charge in [0.2, 0.25) is 0 Å². The van der Waals surface area contributed by atoms with Crippen molar-refractivity contribution in [2.24, 2.45) is 0 Å². The smallest absolute Gasteiger partial charge is 0.265 e. The van der Waals surface area contributed by atoms with Gasteiger partial charge >= 0.3 is 0 Å². The van der Waals surface area contributed by atoms with Crippen LogP contribution in [0, 0.1) is 0 Å². The quantitative estimate of drug-likeness (QED) is 0.299. The van der Waals surface area contributed by atoms with Gasteiger partial charge in [-0.3, -0.25) is 9.59 Å². The van der Waals surface area contributed by atoms with E-state index < -0.39 is 0 Å². The van der Waals surface area contributed by atoms with E-state index in [0.29, 0.717) is 24.3 Å². The van der Waals surface area contributed by atoms with Gasteiger partial charge in [0, 0.05) is 5.56 Å². The summed E-state index contributed by atoms with van der Waals surface area (Å²) in [6, 6.07) is 33.6. The molecule has 0 aromatic heterocycles. The van der Waals surface area contributed by atoms with Crippen LogP contribution in [0.15, 0.2) is 103 Å². The molecule has 0 saturated carbocycles. The van der Waals surface area contributed by atoms with Gasteiger partial charge in [0.25, 0.3) is 11.8 Å². The van der Waals surface area contributed by atoms with Crippen molar-refractivity contribution in [1.82, 2.24) is 5.32 Å². The summed E-state index contributed by atoms with van der Waals surface area (Å²) in [4.78, 5) is 28.2. The van der Waals surface area contributed by atoms with Crippen molar-refractivity contribution >= 4 is 17.5 Å². The molecule has 0 fully saturated rings. The van der Waals surface area contributed by atoms with E-state index >= 15 is 0 Å². The topological polar surface area (TPSA) is 58.6 Å². The molecule has 39 heavy (non-hydrogen) atoms. The van der Waals surface area contributed by atoms with Crippen LogP contribution >= 0.6 is 0 Å². The molecule has 1 aliphatic rings. The van der Waals surface area contributed by atoms with Gasteiger partial charge in [-0.2, -0.15) is 0 Å². The second-order valence-corrected chi connectivity index (χ2v) is 11.0. The number of rotatable bonds is 7. The third kappa shape index (κ3) is 6.20. The molecule has 0 saturated heterocycles. The van der Waals surface area contributed by atoms with Crippen molar-refractivity contribution < 1.29 is 14.3 Å². The van der Waals surface area contributed by atoms with Crippen LogP contribution in [-0.4, -0.2) is 18.4 Å². The van der Waals surface area contributed by atoms with E-state index in [1.807, 2.05) is 84.9 Å². The van der Waals surface area contributed by atoms with Gasteiger partial charge in [-0.15, -0.1) is 0 Å². The zero-order valence-electron chi connectivity index (χ0n) is 22.7. The van der Waals surface area contributed by atoms with Crippen LogP contribution in [0.3, 0.4) is 0 Å². The highest BCUT2D eigenvalue weighted by Crippen LogP contribution is 2.37. The molecule has 5 nitrogen and oxygen atoms in total. The van der Waals surface area contributed by atoms with Gasteiger partial charge in [0.1, 0.15) is 5.75 Å². The first-order chi connectivity index (χ1) is 18.8. The van der Waals surface area contributed by atoms with Crippen LogP contribution in [0.1, 0.15) is 59.4 Å². The summed E-state index contributed by atoms with van der Waals surface area (Å²) in [5, 5.41) is 3.24. The van der Waals surface area contributed by atoms with Gasteiger partial charge in [0.15, 0.2) is 6.61 Å². The third-order valence-electron chi connectivity index (χ3n) is 7.09. The molecule has 0 spiro atoms. The molecule has 5 rings (SSSR count). The van der Waals surface area contributed by atoms with Gasteiger partial charge < -0.3 is 15.0 Å². The minimum atomic E-state index is -0.173. The minimum absolute atomic E-state index is 0.000281. The van der Waals surface area contributed by atoms with Crippen LogP contribution in [0.25, 0.3) is 0 Å². The average molecular weight is 519 g/mol. The molecular weight excluding hydrogens is 484 g/mol. The molecule has 198 valence electrons. The number of carbonyl (C=O) groups excluding carboxylic acids is 2. The fraction of sp³-hybridized carbons (Fsp3) is 0.235. The van der Waals surface area contributed by atoms with E-state index in [4.69, 9.17) is 4.74 Å². The maximum atomic E-state index is 13.5. The lowest BCUT2D eigenvalue weighted by atomic mass is 9.86. The molecule has 4 aromatic carbocycles. The monoisotopic (exact) mass is 518 g/mol. The summed E-state index contributed by atoms with van der Waals surface area (Å²) < 4.78 is 5.71. The number of anilines is 1. The summed E-state index contributed by atoms with van der Waals surface area (Å²) in [6.45, 7) is 6.80. The molecule has 0 radical (unpaired) electrons. The Kier molecular flexibility index (Phi) is 7.51. The number of carbonyl (C=O) groups is 2. The Morgan fingerprint density at radius 1 is 0.872 bits per heavy atom. The summed E-state index contributed by atoms with van der Waals surface area (Å²) in [5.74, 6) is 0.448. The van der Waals surface area contributed by atoms with Crippen LogP contribution in [0.2, 0.25) is 0 Å². The highest BCUT2D eigenvalue weighted by Gasteiger charge is 2.28. The first-order valence-corrected chi connectivity index (χ1v) is 13.3. The number of amides is 2. The summed E-state index contributed by atoms with van der Waals surface area (Å²) in [7, 11) is 0. The second kappa shape index (κ2) is 11.2. The maximum Gasteiger partial charge on any atom is 0.265 e. The van der Waals surface area contributed by atoms with E-state index in [2.05, 4.69) is 44.3 Å². The van der Waals surface area contributed by atoms with E-state index in [0.717, 1.165) is 27.9 Å². The number of nitrogens with zero attached hydrogens (tertiary/aromatic N) is 1. The number of hydrogen-bond donors (Lipinski definition) is 1. The Bertz CT molecular complexity index is 1460. The Balaban J connectivity index is 1.38. The first-order valence-electron chi connectivity index (χ1n) is 13.3. The summed E-state index contributed by atoms with van der Waals surface area (Å²) in [5.41, 5.74) is 5.48. The molecule has 2 amide bonds. The first kappa shape index (κ1) is 26.2. The maximum absolute atomic E-state index is 13.5. The molecule has 0 unspecified atom stereocenters. The highest BCUT2D eigenvalue weighted by atomic mass is 16.5. The predicted octanol–water partition coefficient (Wildman–Crippen LogP) is 6.62. The molecule has 1 atom stereocenters. The van der Waals surface area contributed by atoms with Gasteiger partial charge in [-0.05, 0) is 58.4 Å². The van der Waals surface area contributed by atoms with Crippen molar-refractivity contribution in [2.45, 2.75) is 45.2 Å². The van der Waals surface area contributed by atoms with Crippen molar-refractivity contribution in [3.8, 4) is 5.75 Å². The number of nitrogens with one attached hydrogen (secondary N) is 1. The predicted molar refractivity (Wildman–Crippen MR) is 155 cm³/mol. The lowest BCUT2D eigenvalue weighted by Gasteiger charge is -2.31. The van der Waals surface area contributed by atoms with Crippen molar-refractivity contribution in [3.63, 3.8) is 0 Å². The van der Waals surface area contributed by atoms with Crippen LogP contribution in [0.4, 0.5) is 5.69 Å². The van der Waals surface area contributed by atoms with Crippen molar-refractivity contribution in [3.05, 3.63) is 131 Å². The molecule has 1 N–H and O–H groups in total. The second-order valence-electron chi connectivity index (χ2n) is 11.0. The number of benzene rings is 4. The van der Waals surface area contributed by atoms with Gasteiger partial charge in [0.05, 0.1) is 18.3 Å². The summed E-state index contributed by atoms with van der Waals surface area (Å²) >= 11 is 0. The number of hydrogen-bond acceptors (Lipinski definition) is 3. The fourth-order valence-electron chi connectivity index (χ4n) is 4.86. The van der Waals surface area contributed by atoms with Crippen LogP contribution in [0.5, 0.6) is 5.75 Å². The van der Waals surface area contributed by atoms with Crippen molar-refractivity contribution in [1.29, 1.82) is 0 Å². The molecular formula is C34H34N2O3. The Hall–Kier alpha value is -4.38. The molecule has 1 heterocycles. The molecule has 0 bridgehead atoms. The van der Waals surface area contributed by atoms with E-state index in [1.54, 1.807) is 4.90 Å². The molecule has 5 heteroatoms. The van der Waals surface area contributed by atoms with Crippen LogP contribution < -0.4 is 15.0 Å².